The summed E-state index contributed by atoms with van der Waals surface area (Å²) in [4.78, 5) is 8.30. The van der Waals surface area contributed by atoms with E-state index in [1.54, 1.807) is 19.3 Å². The molecule has 6 heteroatoms. The fourth-order valence-corrected chi connectivity index (χ4v) is 2.06. The van der Waals surface area contributed by atoms with Gasteiger partial charge in [-0.1, -0.05) is 11.6 Å². The highest BCUT2D eigenvalue weighted by Crippen LogP contribution is 2.29. The highest BCUT2D eigenvalue weighted by atomic mass is 35.5. The maximum atomic E-state index is 13.7. The van der Waals surface area contributed by atoms with Crippen LogP contribution in [0.15, 0.2) is 24.5 Å². The van der Waals surface area contributed by atoms with Crippen LogP contribution in [0.2, 0.25) is 5.02 Å². The SMILES string of the molecule is Cc1nccnc1C(C)Nc1c(F)cc(F)cc1Cl. The van der Waals surface area contributed by atoms with Gasteiger partial charge < -0.3 is 5.32 Å². The Morgan fingerprint density at radius 3 is 2.53 bits per heavy atom. The van der Waals surface area contributed by atoms with Crippen molar-refractivity contribution >= 4 is 17.3 Å². The third-order valence-corrected chi connectivity index (χ3v) is 3.00. The minimum Gasteiger partial charge on any atom is -0.373 e. The third kappa shape index (κ3) is 2.98. The summed E-state index contributed by atoms with van der Waals surface area (Å²) in [7, 11) is 0. The van der Waals surface area contributed by atoms with Crippen molar-refractivity contribution in [1.82, 2.24) is 9.97 Å². The predicted molar refractivity (Wildman–Crippen MR) is 70.2 cm³/mol. The summed E-state index contributed by atoms with van der Waals surface area (Å²) >= 11 is 5.83. The van der Waals surface area contributed by atoms with E-state index < -0.39 is 11.6 Å². The summed E-state index contributed by atoms with van der Waals surface area (Å²) in [5, 5.41) is 2.88. The number of anilines is 1. The Balaban J connectivity index is 2.29. The Hall–Kier alpha value is -1.75. The number of nitrogens with one attached hydrogen (secondary N) is 1. The van der Waals surface area contributed by atoms with Crippen LogP contribution in [0.4, 0.5) is 14.5 Å². The van der Waals surface area contributed by atoms with E-state index in [1.165, 1.54) is 0 Å². The minimum absolute atomic E-state index is 0.00843. The second-order valence-corrected chi connectivity index (χ2v) is 4.54. The summed E-state index contributed by atoms with van der Waals surface area (Å²) in [6, 6.07) is 1.54. The molecule has 0 spiro atoms. The lowest BCUT2D eigenvalue weighted by Gasteiger charge is -2.17. The number of benzene rings is 1. The maximum absolute atomic E-state index is 13.7. The average molecular weight is 284 g/mol. The molecule has 100 valence electrons. The Morgan fingerprint density at radius 2 is 1.89 bits per heavy atom. The molecular weight excluding hydrogens is 272 g/mol. The summed E-state index contributed by atoms with van der Waals surface area (Å²) < 4.78 is 26.6. The predicted octanol–water partition coefficient (Wildman–Crippen LogP) is 3.89. The van der Waals surface area contributed by atoms with Crippen LogP contribution in [-0.4, -0.2) is 9.97 Å². The smallest absolute Gasteiger partial charge is 0.150 e. The first kappa shape index (κ1) is 13.7. The number of nitrogens with zero attached hydrogens (tertiary/aromatic N) is 2. The maximum Gasteiger partial charge on any atom is 0.150 e. The van der Waals surface area contributed by atoms with Gasteiger partial charge in [0.25, 0.3) is 0 Å². The third-order valence-electron chi connectivity index (χ3n) is 2.70. The van der Waals surface area contributed by atoms with Gasteiger partial charge in [0.1, 0.15) is 5.82 Å². The van der Waals surface area contributed by atoms with Gasteiger partial charge in [0.15, 0.2) is 5.82 Å². The van der Waals surface area contributed by atoms with E-state index in [1.807, 2.05) is 6.92 Å². The number of hydrogen-bond acceptors (Lipinski definition) is 3. The van der Waals surface area contributed by atoms with E-state index in [4.69, 9.17) is 11.6 Å². The molecule has 2 aromatic rings. The van der Waals surface area contributed by atoms with E-state index in [0.29, 0.717) is 5.69 Å². The average Bonchev–Trinajstić information content (AvgIpc) is 2.34. The molecule has 0 aliphatic rings. The van der Waals surface area contributed by atoms with Crippen molar-refractivity contribution in [3.63, 3.8) is 0 Å². The molecule has 0 radical (unpaired) electrons. The molecule has 1 atom stereocenters. The van der Waals surface area contributed by atoms with Gasteiger partial charge in [-0.15, -0.1) is 0 Å². The summed E-state index contributed by atoms with van der Waals surface area (Å²) in [5.74, 6) is -1.45. The lowest BCUT2D eigenvalue weighted by atomic mass is 10.1. The van der Waals surface area contributed by atoms with Crippen LogP contribution in [0.25, 0.3) is 0 Å². The minimum atomic E-state index is -0.738. The fraction of sp³-hybridized carbons (Fsp3) is 0.231. The number of hydrogen-bond donors (Lipinski definition) is 1. The quantitative estimate of drug-likeness (QED) is 0.928. The standard InChI is InChI=1S/C13H12ClF2N3/c1-7-12(18-4-3-17-7)8(2)19-13-10(14)5-9(15)6-11(13)16/h3-6,8,19H,1-2H3. The second kappa shape index (κ2) is 5.48. The largest absolute Gasteiger partial charge is 0.373 e. The number of halogens is 3. The van der Waals surface area contributed by atoms with Crippen LogP contribution in [0.1, 0.15) is 24.4 Å². The zero-order chi connectivity index (χ0) is 14.0. The van der Waals surface area contributed by atoms with Crippen molar-refractivity contribution in [2.75, 3.05) is 5.32 Å². The van der Waals surface area contributed by atoms with Gasteiger partial charge >= 0.3 is 0 Å². The number of rotatable bonds is 3. The lowest BCUT2D eigenvalue weighted by molar-refractivity contribution is 0.583. The molecule has 0 aliphatic carbocycles. The first-order chi connectivity index (χ1) is 8.99. The van der Waals surface area contributed by atoms with E-state index in [9.17, 15) is 8.78 Å². The van der Waals surface area contributed by atoms with Crippen molar-refractivity contribution in [2.45, 2.75) is 19.9 Å². The molecule has 0 amide bonds. The topological polar surface area (TPSA) is 37.8 Å². The Bertz CT molecular complexity index is 581. The molecule has 2 rings (SSSR count). The van der Waals surface area contributed by atoms with E-state index >= 15 is 0 Å². The van der Waals surface area contributed by atoms with Crippen molar-refractivity contribution in [2.24, 2.45) is 0 Å². The number of aryl methyl sites for hydroxylation is 1. The van der Waals surface area contributed by atoms with Crippen LogP contribution < -0.4 is 5.32 Å². The van der Waals surface area contributed by atoms with Crippen molar-refractivity contribution in [3.8, 4) is 0 Å². The van der Waals surface area contributed by atoms with Crippen LogP contribution in [0.3, 0.4) is 0 Å². The molecule has 1 N–H and O–H groups in total. The zero-order valence-electron chi connectivity index (χ0n) is 10.4. The van der Waals surface area contributed by atoms with E-state index in [-0.39, 0.29) is 16.8 Å². The Morgan fingerprint density at radius 1 is 1.21 bits per heavy atom. The van der Waals surface area contributed by atoms with Gasteiger partial charge in [-0.25, -0.2) is 8.78 Å². The molecule has 0 aliphatic heterocycles. The summed E-state index contributed by atoms with van der Waals surface area (Å²) in [6.45, 7) is 3.61. The Kier molecular flexibility index (Phi) is 3.95. The molecule has 0 fully saturated rings. The van der Waals surface area contributed by atoms with Crippen LogP contribution in [0, 0.1) is 18.6 Å². The monoisotopic (exact) mass is 283 g/mol. The highest BCUT2D eigenvalue weighted by molar-refractivity contribution is 6.33. The first-order valence-electron chi connectivity index (χ1n) is 5.67. The van der Waals surface area contributed by atoms with Crippen LogP contribution in [-0.2, 0) is 0 Å². The van der Waals surface area contributed by atoms with Gasteiger partial charge in [-0.2, -0.15) is 0 Å². The summed E-state index contributed by atoms with van der Waals surface area (Å²) in [6.07, 6.45) is 3.14. The van der Waals surface area contributed by atoms with E-state index in [0.717, 1.165) is 17.8 Å². The van der Waals surface area contributed by atoms with Crippen molar-refractivity contribution < 1.29 is 8.78 Å². The molecule has 1 heterocycles. The molecule has 1 aromatic carbocycles. The van der Waals surface area contributed by atoms with Crippen LogP contribution >= 0.6 is 11.6 Å². The van der Waals surface area contributed by atoms with Gasteiger partial charge in [0.2, 0.25) is 0 Å². The van der Waals surface area contributed by atoms with Gasteiger partial charge in [-0.05, 0) is 19.9 Å². The molecule has 0 saturated heterocycles. The molecule has 0 saturated carbocycles. The van der Waals surface area contributed by atoms with Gasteiger partial charge in [-0.3, -0.25) is 9.97 Å². The molecule has 1 aromatic heterocycles. The highest BCUT2D eigenvalue weighted by Gasteiger charge is 2.15. The van der Waals surface area contributed by atoms with Crippen LogP contribution in [0.5, 0.6) is 0 Å². The molecule has 3 nitrogen and oxygen atoms in total. The second-order valence-electron chi connectivity index (χ2n) is 4.14. The van der Waals surface area contributed by atoms with Crippen molar-refractivity contribution in [1.29, 1.82) is 0 Å². The lowest BCUT2D eigenvalue weighted by Crippen LogP contribution is -2.12. The molecular formula is C13H12ClF2N3. The fourth-order valence-electron chi connectivity index (χ4n) is 1.81. The Labute approximate surface area is 114 Å². The molecule has 0 bridgehead atoms. The first-order valence-corrected chi connectivity index (χ1v) is 6.05. The zero-order valence-corrected chi connectivity index (χ0v) is 11.2. The molecule has 1 unspecified atom stereocenters. The van der Waals surface area contributed by atoms with Gasteiger partial charge in [0, 0.05) is 18.5 Å². The summed E-state index contributed by atoms with van der Waals surface area (Å²) in [5.41, 5.74) is 1.48. The normalized spacial score (nSPS) is 12.3. The number of aromatic nitrogens is 2. The van der Waals surface area contributed by atoms with Crippen molar-refractivity contribution in [3.05, 3.63) is 52.6 Å². The van der Waals surface area contributed by atoms with E-state index in [2.05, 4.69) is 15.3 Å². The molecule has 19 heavy (non-hydrogen) atoms. The van der Waals surface area contributed by atoms with Gasteiger partial charge in [0.05, 0.1) is 28.1 Å².